The zero-order valence-corrected chi connectivity index (χ0v) is 12.1. The van der Waals surface area contributed by atoms with E-state index < -0.39 is 12.5 Å². The van der Waals surface area contributed by atoms with Gasteiger partial charge in [0.1, 0.15) is 11.5 Å². The van der Waals surface area contributed by atoms with Crippen molar-refractivity contribution in [2.75, 3.05) is 12.4 Å². The maximum atomic E-state index is 12.4. The highest BCUT2D eigenvalue weighted by atomic mass is 19.3. The van der Waals surface area contributed by atoms with Gasteiger partial charge >= 0.3 is 6.61 Å². The van der Waals surface area contributed by atoms with Gasteiger partial charge in [0.25, 0.3) is 5.91 Å². The molecule has 0 fully saturated rings. The van der Waals surface area contributed by atoms with Crippen LogP contribution in [0.3, 0.4) is 0 Å². The van der Waals surface area contributed by atoms with Crippen molar-refractivity contribution in [3.63, 3.8) is 0 Å². The Morgan fingerprint density at radius 3 is 2.55 bits per heavy atom. The van der Waals surface area contributed by atoms with Crippen molar-refractivity contribution in [3.8, 4) is 11.5 Å². The fourth-order valence-corrected chi connectivity index (χ4v) is 2.06. The molecule has 1 N–H and O–H groups in total. The van der Waals surface area contributed by atoms with Crippen LogP contribution in [0.15, 0.2) is 42.5 Å². The number of benzene rings is 2. The third-order valence-electron chi connectivity index (χ3n) is 3.01. The first-order valence-electron chi connectivity index (χ1n) is 6.51. The molecule has 116 valence electrons. The number of carbonyl (C=O) groups is 1. The molecule has 0 saturated carbocycles. The van der Waals surface area contributed by atoms with Gasteiger partial charge in [-0.2, -0.15) is 8.78 Å². The van der Waals surface area contributed by atoms with Crippen LogP contribution in [0.5, 0.6) is 11.5 Å². The molecule has 6 heteroatoms. The van der Waals surface area contributed by atoms with Gasteiger partial charge in [0.2, 0.25) is 0 Å². The predicted molar refractivity (Wildman–Crippen MR) is 78.8 cm³/mol. The molecule has 0 bridgehead atoms. The van der Waals surface area contributed by atoms with Gasteiger partial charge in [-0.15, -0.1) is 0 Å². The number of hydrogen-bond acceptors (Lipinski definition) is 3. The molecule has 0 saturated heterocycles. The number of rotatable bonds is 5. The molecule has 22 heavy (non-hydrogen) atoms. The summed E-state index contributed by atoms with van der Waals surface area (Å²) in [5, 5.41) is 2.56. The molecule has 2 aromatic carbocycles. The normalized spacial score (nSPS) is 10.4. The molecular weight excluding hydrogens is 292 g/mol. The molecule has 1 amide bonds. The number of methoxy groups -OCH3 is 1. The molecule has 0 heterocycles. The third kappa shape index (κ3) is 3.52. The average Bonchev–Trinajstić information content (AvgIpc) is 2.48. The Bertz CT molecular complexity index is 674. The van der Waals surface area contributed by atoms with Crippen LogP contribution in [0.2, 0.25) is 0 Å². The zero-order valence-electron chi connectivity index (χ0n) is 12.1. The maximum absolute atomic E-state index is 12.4. The molecule has 2 rings (SSSR count). The lowest BCUT2D eigenvalue weighted by atomic mass is 10.1. The van der Waals surface area contributed by atoms with Gasteiger partial charge in [-0.25, -0.2) is 0 Å². The van der Waals surface area contributed by atoms with E-state index in [0.717, 1.165) is 5.56 Å². The van der Waals surface area contributed by atoms with E-state index in [2.05, 4.69) is 10.1 Å². The fourth-order valence-electron chi connectivity index (χ4n) is 2.06. The quantitative estimate of drug-likeness (QED) is 0.912. The first-order valence-corrected chi connectivity index (χ1v) is 6.51. The van der Waals surface area contributed by atoms with E-state index in [1.165, 1.54) is 19.2 Å². The molecular formula is C16H15F2NO3. The maximum Gasteiger partial charge on any atom is 0.387 e. The Labute approximate surface area is 126 Å². The van der Waals surface area contributed by atoms with Gasteiger partial charge in [0.05, 0.1) is 18.4 Å². The van der Waals surface area contributed by atoms with E-state index >= 15 is 0 Å². The summed E-state index contributed by atoms with van der Waals surface area (Å²) in [6, 6.07) is 11.1. The Morgan fingerprint density at radius 2 is 1.86 bits per heavy atom. The summed E-state index contributed by atoms with van der Waals surface area (Å²) >= 11 is 0. The molecule has 0 spiro atoms. The number of anilines is 1. The van der Waals surface area contributed by atoms with E-state index in [1.807, 2.05) is 13.0 Å². The highest BCUT2D eigenvalue weighted by Crippen LogP contribution is 2.28. The van der Waals surface area contributed by atoms with Crippen LogP contribution in [0.1, 0.15) is 15.9 Å². The van der Waals surface area contributed by atoms with E-state index in [4.69, 9.17) is 4.74 Å². The number of nitrogens with one attached hydrogen (secondary N) is 1. The predicted octanol–water partition coefficient (Wildman–Crippen LogP) is 3.86. The second-order valence-electron chi connectivity index (χ2n) is 4.48. The van der Waals surface area contributed by atoms with E-state index in [9.17, 15) is 13.6 Å². The van der Waals surface area contributed by atoms with Crippen LogP contribution < -0.4 is 14.8 Å². The smallest absolute Gasteiger partial charge is 0.387 e. The summed E-state index contributed by atoms with van der Waals surface area (Å²) in [6.45, 7) is -1.16. The van der Waals surface area contributed by atoms with Gasteiger partial charge in [-0.05, 0) is 30.7 Å². The molecule has 0 aliphatic heterocycles. The van der Waals surface area contributed by atoms with Crippen molar-refractivity contribution in [1.29, 1.82) is 0 Å². The number of hydrogen-bond donors (Lipinski definition) is 1. The summed E-state index contributed by atoms with van der Waals surface area (Å²) in [4.78, 5) is 12.3. The Balaban J connectivity index is 2.28. The standard InChI is InChI=1S/C16H15F2NO3/c1-10-6-5-7-11(14(10)21-2)15(20)19-12-8-3-4-9-13(12)22-16(17)18/h3-9,16H,1-2H3,(H,19,20). The second-order valence-corrected chi connectivity index (χ2v) is 4.48. The van der Waals surface area contributed by atoms with Crippen LogP contribution in [0, 0.1) is 6.92 Å². The van der Waals surface area contributed by atoms with Crippen LogP contribution in [0.25, 0.3) is 0 Å². The highest BCUT2D eigenvalue weighted by molar-refractivity contribution is 6.07. The largest absolute Gasteiger partial charge is 0.496 e. The minimum absolute atomic E-state index is 0.0996. The summed E-state index contributed by atoms with van der Waals surface area (Å²) in [5.41, 5.74) is 1.28. The van der Waals surface area contributed by atoms with Gasteiger partial charge in [-0.3, -0.25) is 4.79 Å². The summed E-state index contributed by atoms with van der Waals surface area (Å²) in [7, 11) is 1.47. The van der Waals surface area contributed by atoms with Crippen molar-refractivity contribution in [2.45, 2.75) is 13.5 Å². The molecule has 4 nitrogen and oxygen atoms in total. The molecule has 0 radical (unpaired) electrons. The number of ether oxygens (including phenoxy) is 2. The lowest BCUT2D eigenvalue weighted by Gasteiger charge is -2.14. The summed E-state index contributed by atoms with van der Waals surface area (Å²) in [5.74, 6) is -0.129. The van der Waals surface area contributed by atoms with Crippen molar-refractivity contribution in [2.24, 2.45) is 0 Å². The Hall–Kier alpha value is -2.63. The second kappa shape index (κ2) is 6.89. The number of halogens is 2. The van der Waals surface area contributed by atoms with E-state index in [1.54, 1.807) is 24.3 Å². The lowest BCUT2D eigenvalue weighted by Crippen LogP contribution is -2.15. The van der Waals surface area contributed by atoms with Gasteiger partial charge in [-0.1, -0.05) is 24.3 Å². The Morgan fingerprint density at radius 1 is 1.14 bits per heavy atom. The van der Waals surface area contributed by atoms with Crippen LogP contribution in [-0.4, -0.2) is 19.6 Å². The van der Waals surface area contributed by atoms with E-state index in [-0.39, 0.29) is 11.4 Å². The number of para-hydroxylation sites is 3. The van der Waals surface area contributed by atoms with Gasteiger partial charge < -0.3 is 14.8 Å². The van der Waals surface area contributed by atoms with Crippen molar-refractivity contribution in [3.05, 3.63) is 53.6 Å². The number of amides is 1. The summed E-state index contributed by atoms with van der Waals surface area (Å²) < 4.78 is 34.4. The fraction of sp³-hybridized carbons (Fsp3) is 0.188. The minimum Gasteiger partial charge on any atom is -0.496 e. The first-order chi connectivity index (χ1) is 10.5. The monoisotopic (exact) mass is 307 g/mol. The molecule has 0 aromatic heterocycles. The molecule has 0 aliphatic rings. The highest BCUT2D eigenvalue weighted by Gasteiger charge is 2.16. The summed E-state index contributed by atoms with van der Waals surface area (Å²) in [6.07, 6.45) is 0. The number of aryl methyl sites for hydroxylation is 1. The number of alkyl halides is 2. The molecule has 2 aromatic rings. The average molecular weight is 307 g/mol. The molecule has 0 atom stereocenters. The van der Waals surface area contributed by atoms with Gasteiger partial charge in [0.15, 0.2) is 0 Å². The van der Waals surface area contributed by atoms with Crippen LogP contribution >= 0.6 is 0 Å². The van der Waals surface area contributed by atoms with Crippen LogP contribution in [-0.2, 0) is 0 Å². The topological polar surface area (TPSA) is 47.6 Å². The number of carbonyl (C=O) groups excluding carboxylic acids is 1. The van der Waals surface area contributed by atoms with E-state index in [0.29, 0.717) is 11.3 Å². The minimum atomic E-state index is -2.97. The molecule has 0 unspecified atom stereocenters. The lowest BCUT2D eigenvalue weighted by molar-refractivity contribution is -0.0493. The first kappa shape index (κ1) is 15.8. The Kier molecular flexibility index (Phi) is 4.93. The van der Waals surface area contributed by atoms with Crippen molar-refractivity contribution in [1.82, 2.24) is 0 Å². The van der Waals surface area contributed by atoms with Crippen molar-refractivity contribution < 1.29 is 23.0 Å². The third-order valence-corrected chi connectivity index (χ3v) is 3.01. The van der Waals surface area contributed by atoms with Gasteiger partial charge in [0, 0.05) is 0 Å². The SMILES string of the molecule is COc1c(C)cccc1C(=O)Nc1ccccc1OC(F)F. The van der Waals surface area contributed by atoms with Crippen molar-refractivity contribution >= 4 is 11.6 Å². The zero-order chi connectivity index (χ0) is 16.1. The molecule has 0 aliphatic carbocycles. The van der Waals surface area contributed by atoms with Crippen LogP contribution in [0.4, 0.5) is 14.5 Å².